The Hall–Kier alpha value is -3.02. The third-order valence-corrected chi connectivity index (χ3v) is 4.89. The normalized spacial score (nSPS) is 14.0. The molecule has 0 aliphatic carbocycles. The van der Waals surface area contributed by atoms with E-state index in [0.29, 0.717) is 24.6 Å². The van der Waals surface area contributed by atoms with E-state index in [1.54, 1.807) is 37.1 Å². The van der Waals surface area contributed by atoms with Crippen molar-refractivity contribution < 1.29 is 23.8 Å². The van der Waals surface area contributed by atoms with Gasteiger partial charge in [-0.3, -0.25) is 9.59 Å². The number of amides is 1. The molecule has 1 heterocycles. The third kappa shape index (κ3) is 4.44. The molecule has 0 spiro atoms. The molecule has 148 valence electrons. The van der Waals surface area contributed by atoms with Gasteiger partial charge < -0.3 is 19.1 Å². The molecule has 0 N–H and O–H groups in total. The van der Waals surface area contributed by atoms with Crippen molar-refractivity contribution in [3.05, 3.63) is 59.2 Å². The van der Waals surface area contributed by atoms with Crippen LogP contribution in [0.1, 0.15) is 23.6 Å². The maximum absolute atomic E-state index is 12.7. The highest BCUT2D eigenvalue weighted by Gasteiger charge is 2.27. The fourth-order valence-electron chi connectivity index (χ4n) is 3.39. The van der Waals surface area contributed by atoms with Gasteiger partial charge in [0.2, 0.25) is 0 Å². The zero-order valence-corrected chi connectivity index (χ0v) is 16.4. The van der Waals surface area contributed by atoms with E-state index in [1.807, 2.05) is 18.2 Å². The number of rotatable bonds is 6. The van der Waals surface area contributed by atoms with Crippen LogP contribution in [0.2, 0.25) is 0 Å². The second-order valence-electron chi connectivity index (χ2n) is 6.78. The molecular formula is C22H25NO5. The average Bonchev–Trinajstić information content (AvgIpc) is 2.72. The first-order chi connectivity index (χ1) is 13.5. The first-order valence-corrected chi connectivity index (χ1v) is 9.27. The van der Waals surface area contributed by atoms with Gasteiger partial charge in [0, 0.05) is 13.1 Å². The van der Waals surface area contributed by atoms with Crippen LogP contribution in [0.3, 0.4) is 0 Å². The first-order valence-electron chi connectivity index (χ1n) is 9.27. The number of carbonyl (C=O) groups excluding carboxylic acids is 2. The van der Waals surface area contributed by atoms with Crippen LogP contribution in [0.4, 0.5) is 0 Å². The van der Waals surface area contributed by atoms with Crippen molar-refractivity contribution in [2.75, 3.05) is 20.8 Å². The van der Waals surface area contributed by atoms with Gasteiger partial charge in [-0.15, -0.1) is 0 Å². The highest BCUT2D eigenvalue weighted by molar-refractivity contribution is 5.84. The number of methoxy groups -OCH3 is 2. The Bertz CT molecular complexity index is 864. The molecule has 1 amide bonds. The summed E-state index contributed by atoms with van der Waals surface area (Å²) in [7, 11) is 3.09. The fourth-order valence-corrected chi connectivity index (χ4v) is 3.39. The first kappa shape index (κ1) is 19.7. The Morgan fingerprint density at radius 3 is 2.46 bits per heavy atom. The number of ether oxygens (including phenoxy) is 3. The van der Waals surface area contributed by atoms with Gasteiger partial charge in [-0.1, -0.05) is 30.3 Å². The van der Waals surface area contributed by atoms with E-state index in [2.05, 4.69) is 6.07 Å². The molecule has 0 radical (unpaired) electrons. The van der Waals surface area contributed by atoms with E-state index >= 15 is 0 Å². The van der Waals surface area contributed by atoms with Gasteiger partial charge in [0.15, 0.2) is 17.6 Å². The Kier molecular flexibility index (Phi) is 6.19. The number of fused-ring (bicyclic) bond motifs is 1. The average molecular weight is 383 g/mol. The highest BCUT2D eigenvalue weighted by Crippen LogP contribution is 2.28. The molecule has 0 aromatic heterocycles. The lowest BCUT2D eigenvalue weighted by Gasteiger charge is -2.30. The van der Waals surface area contributed by atoms with Crippen LogP contribution in [0, 0.1) is 0 Å². The molecule has 1 aliphatic heterocycles. The van der Waals surface area contributed by atoms with Gasteiger partial charge in [-0.05, 0) is 42.2 Å². The Morgan fingerprint density at radius 1 is 1.04 bits per heavy atom. The molecule has 6 heteroatoms. The highest BCUT2D eigenvalue weighted by atomic mass is 16.5. The molecule has 28 heavy (non-hydrogen) atoms. The van der Waals surface area contributed by atoms with Gasteiger partial charge in [0.1, 0.15) is 0 Å². The lowest BCUT2D eigenvalue weighted by Crippen LogP contribution is -2.42. The number of benzene rings is 2. The minimum absolute atomic E-state index is 0.0564. The predicted molar refractivity (Wildman–Crippen MR) is 104 cm³/mol. The third-order valence-electron chi connectivity index (χ3n) is 4.89. The largest absolute Gasteiger partial charge is 0.493 e. The predicted octanol–water partition coefficient (Wildman–Crippen LogP) is 2.76. The fraction of sp³-hybridized carbons (Fsp3) is 0.364. The number of nitrogens with zero attached hydrogens (tertiary/aromatic N) is 1. The van der Waals surface area contributed by atoms with Crippen LogP contribution in [-0.4, -0.2) is 43.6 Å². The molecule has 2 aromatic rings. The van der Waals surface area contributed by atoms with E-state index in [1.165, 1.54) is 12.7 Å². The molecule has 6 nitrogen and oxygen atoms in total. The van der Waals surface area contributed by atoms with Crippen molar-refractivity contribution in [1.29, 1.82) is 0 Å². The quantitative estimate of drug-likeness (QED) is 0.718. The maximum Gasteiger partial charge on any atom is 0.311 e. The summed E-state index contributed by atoms with van der Waals surface area (Å²) in [5.74, 6) is 0.512. The van der Waals surface area contributed by atoms with Crippen LogP contribution >= 0.6 is 0 Å². The molecular weight excluding hydrogens is 358 g/mol. The van der Waals surface area contributed by atoms with Crippen molar-refractivity contribution >= 4 is 11.9 Å². The minimum atomic E-state index is -0.821. The zero-order valence-electron chi connectivity index (χ0n) is 16.4. The van der Waals surface area contributed by atoms with Gasteiger partial charge in [0.25, 0.3) is 5.91 Å². The summed E-state index contributed by atoms with van der Waals surface area (Å²) in [6.45, 7) is 2.80. The maximum atomic E-state index is 12.7. The van der Waals surface area contributed by atoms with E-state index in [-0.39, 0.29) is 12.3 Å². The summed E-state index contributed by atoms with van der Waals surface area (Å²) in [6.07, 6.45) is 0.0487. The van der Waals surface area contributed by atoms with Gasteiger partial charge in [0.05, 0.1) is 20.6 Å². The van der Waals surface area contributed by atoms with Crippen molar-refractivity contribution in [3.63, 3.8) is 0 Å². The minimum Gasteiger partial charge on any atom is -0.493 e. The van der Waals surface area contributed by atoms with Crippen LogP contribution < -0.4 is 9.47 Å². The smallest absolute Gasteiger partial charge is 0.311 e. The second-order valence-corrected chi connectivity index (χ2v) is 6.78. The Labute approximate surface area is 165 Å². The van der Waals surface area contributed by atoms with Crippen molar-refractivity contribution in [3.8, 4) is 11.5 Å². The standard InChI is InChI=1S/C22H25NO5/c1-15(22(25)23-11-10-17-6-4-5-7-18(17)14-23)28-21(24)13-16-8-9-19(26-2)20(12-16)27-3/h4-9,12,15H,10-11,13-14H2,1-3H3/t15-/m1/s1. The molecule has 0 saturated carbocycles. The summed E-state index contributed by atoms with van der Waals surface area (Å²) in [5.41, 5.74) is 3.14. The summed E-state index contributed by atoms with van der Waals surface area (Å²) >= 11 is 0. The second kappa shape index (κ2) is 8.78. The van der Waals surface area contributed by atoms with E-state index in [9.17, 15) is 9.59 Å². The van der Waals surface area contributed by atoms with E-state index < -0.39 is 12.1 Å². The van der Waals surface area contributed by atoms with E-state index in [0.717, 1.165) is 17.5 Å². The number of carbonyl (C=O) groups is 2. The number of hydrogen-bond acceptors (Lipinski definition) is 5. The lowest BCUT2D eigenvalue weighted by atomic mass is 9.99. The molecule has 0 fully saturated rings. The summed E-state index contributed by atoms with van der Waals surface area (Å²) in [4.78, 5) is 26.7. The topological polar surface area (TPSA) is 65.1 Å². The Balaban J connectivity index is 1.58. The van der Waals surface area contributed by atoms with Crippen molar-refractivity contribution in [2.45, 2.75) is 32.4 Å². The Morgan fingerprint density at radius 2 is 1.75 bits per heavy atom. The van der Waals surface area contributed by atoms with Crippen LogP contribution in [0.15, 0.2) is 42.5 Å². The van der Waals surface area contributed by atoms with Crippen LogP contribution in [0.5, 0.6) is 11.5 Å². The van der Waals surface area contributed by atoms with Crippen molar-refractivity contribution in [1.82, 2.24) is 4.90 Å². The van der Waals surface area contributed by atoms with Crippen LogP contribution in [-0.2, 0) is 33.7 Å². The SMILES string of the molecule is COc1ccc(CC(=O)O[C@H](C)C(=O)N2CCc3ccccc3C2)cc1OC. The van der Waals surface area contributed by atoms with Crippen LogP contribution in [0.25, 0.3) is 0 Å². The lowest BCUT2D eigenvalue weighted by molar-refractivity contribution is -0.159. The molecule has 0 saturated heterocycles. The molecule has 1 atom stereocenters. The molecule has 0 unspecified atom stereocenters. The zero-order chi connectivity index (χ0) is 20.1. The summed E-state index contributed by atoms with van der Waals surface area (Å²) < 4.78 is 15.8. The number of hydrogen-bond donors (Lipinski definition) is 0. The van der Waals surface area contributed by atoms with Gasteiger partial charge >= 0.3 is 5.97 Å². The van der Waals surface area contributed by atoms with Gasteiger partial charge in [-0.25, -0.2) is 0 Å². The molecule has 0 bridgehead atoms. The summed E-state index contributed by atoms with van der Waals surface area (Å²) in [6, 6.07) is 13.3. The molecule has 2 aromatic carbocycles. The molecule has 3 rings (SSSR count). The summed E-state index contributed by atoms with van der Waals surface area (Å²) in [5, 5.41) is 0. The van der Waals surface area contributed by atoms with Gasteiger partial charge in [-0.2, -0.15) is 0 Å². The van der Waals surface area contributed by atoms with E-state index in [4.69, 9.17) is 14.2 Å². The molecule has 1 aliphatic rings. The van der Waals surface area contributed by atoms with Crippen molar-refractivity contribution in [2.24, 2.45) is 0 Å². The number of esters is 1. The monoisotopic (exact) mass is 383 g/mol.